The van der Waals surface area contributed by atoms with Gasteiger partial charge in [-0.3, -0.25) is 9.59 Å². The molecule has 0 bridgehead atoms. The zero-order valence-corrected chi connectivity index (χ0v) is 8.75. The van der Waals surface area contributed by atoms with Gasteiger partial charge in [-0.2, -0.15) is 13.2 Å². The molecule has 1 heterocycles. The zero-order valence-electron chi connectivity index (χ0n) is 8.75. The fourth-order valence-corrected chi connectivity index (χ4v) is 1.11. The number of aromatic nitrogens is 1. The van der Waals surface area contributed by atoms with E-state index in [1.807, 2.05) is 0 Å². The van der Waals surface area contributed by atoms with E-state index < -0.39 is 24.2 Å². The van der Waals surface area contributed by atoms with Crippen molar-refractivity contribution in [3.8, 4) is 5.88 Å². The molecule has 0 aliphatic heterocycles. The van der Waals surface area contributed by atoms with Crippen molar-refractivity contribution in [1.29, 1.82) is 0 Å². The predicted octanol–water partition coefficient (Wildman–Crippen LogP) is 1.79. The number of halogens is 3. The fraction of sp³-hybridized carbons (Fsp3) is 0.300. The van der Waals surface area contributed by atoms with Gasteiger partial charge in [-0.25, -0.2) is 4.98 Å². The Morgan fingerprint density at radius 3 is 2.59 bits per heavy atom. The third-order valence-electron chi connectivity index (χ3n) is 1.90. The first-order chi connectivity index (χ1) is 7.86. The zero-order chi connectivity index (χ0) is 13.1. The number of rotatable bonds is 4. The van der Waals surface area contributed by atoms with Crippen molar-refractivity contribution in [2.75, 3.05) is 7.11 Å². The van der Waals surface area contributed by atoms with Crippen LogP contribution in [0.1, 0.15) is 16.8 Å². The Morgan fingerprint density at radius 1 is 1.41 bits per heavy atom. The van der Waals surface area contributed by atoms with Gasteiger partial charge in [0, 0.05) is 6.20 Å². The van der Waals surface area contributed by atoms with Crippen LogP contribution < -0.4 is 4.74 Å². The van der Waals surface area contributed by atoms with Crippen molar-refractivity contribution in [2.24, 2.45) is 0 Å². The first kappa shape index (κ1) is 13.1. The van der Waals surface area contributed by atoms with E-state index in [4.69, 9.17) is 4.74 Å². The van der Waals surface area contributed by atoms with Crippen molar-refractivity contribution in [3.63, 3.8) is 0 Å². The number of ether oxygens (including phenoxy) is 1. The molecule has 0 unspecified atom stereocenters. The van der Waals surface area contributed by atoms with Crippen LogP contribution in [0, 0.1) is 0 Å². The number of Topliss-reactive ketones (excluding diaryl/α,β-unsaturated/α-hetero) is 2. The molecule has 0 atom stereocenters. The van der Waals surface area contributed by atoms with Gasteiger partial charge in [0.25, 0.3) is 0 Å². The topological polar surface area (TPSA) is 56.3 Å². The molecule has 92 valence electrons. The lowest BCUT2D eigenvalue weighted by Gasteiger charge is -2.06. The summed E-state index contributed by atoms with van der Waals surface area (Å²) in [6, 6.07) is 2.62. The summed E-state index contributed by atoms with van der Waals surface area (Å²) in [5, 5.41) is 0. The summed E-state index contributed by atoms with van der Waals surface area (Å²) in [5.74, 6) is -3.17. The number of ketones is 2. The first-order valence-electron chi connectivity index (χ1n) is 4.48. The van der Waals surface area contributed by atoms with E-state index in [9.17, 15) is 22.8 Å². The molecule has 17 heavy (non-hydrogen) atoms. The van der Waals surface area contributed by atoms with E-state index in [0.29, 0.717) is 0 Å². The average molecular weight is 247 g/mol. The SMILES string of the molecule is COc1ncccc1C(=O)CC(=O)C(F)(F)F. The monoisotopic (exact) mass is 247 g/mol. The van der Waals surface area contributed by atoms with Gasteiger partial charge in [0.2, 0.25) is 11.7 Å². The lowest BCUT2D eigenvalue weighted by atomic mass is 10.1. The summed E-state index contributed by atoms with van der Waals surface area (Å²) in [6.45, 7) is 0. The Morgan fingerprint density at radius 2 is 2.06 bits per heavy atom. The van der Waals surface area contributed by atoms with Crippen LogP contribution in [0.3, 0.4) is 0 Å². The van der Waals surface area contributed by atoms with Crippen LogP contribution in [0.2, 0.25) is 0 Å². The van der Waals surface area contributed by atoms with E-state index >= 15 is 0 Å². The number of methoxy groups -OCH3 is 1. The number of hydrogen-bond donors (Lipinski definition) is 0. The largest absolute Gasteiger partial charge is 0.480 e. The molecule has 7 heteroatoms. The van der Waals surface area contributed by atoms with Gasteiger partial charge in [-0.1, -0.05) is 0 Å². The summed E-state index contributed by atoms with van der Waals surface area (Å²) in [5.41, 5.74) is -0.146. The summed E-state index contributed by atoms with van der Waals surface area (Å²) in [4.78, 5) is 25.7. The summed E-state index contributed by atoms with van der Waals surface area (Å²) in [6.07, 6.45) is -4.93. The highest BCUT2D eigenvalue weighted by molar-refractivity contribution is 6.10. The van der Waals surface area contributed by atoms with Gasteiger partial charge in [0.15, 0.2) is 5.78 Å². The second-order valence-electron chi connectivity index (χ2n) is 3.08. The van der Waals surface area contributed by atoms with Crippen LogP contribution in [0.5, 0.6) is 5.88 Å². The van der Waals surface area contributed by atoms with Crippen LogP contribution in [0.4, 0.5) is 13.2 Å². The van der Waals surface area contributed by atoms with E-state index in [0.717, 1.165) is 0 Å². The minimum atomic E-state index is -5.01. The molecule has 4 nitrogen and oxygen atoms in total. The molecular weight excluding hydrogens is 239 g/mol. The number of alkyl halides is 3. The Kier molecular flexibility index (Phi) is 3.82. The number of hydrogen-bond acceptors (Lipinski definition) is 4. The molecule has 0 radical (unpaired) electrons. The van der Waals surface area contributed by atoms with E-state index in [2.05, 4.69) is 4.98 Å². The van der Waals surface area contributed by atoms with Crippen LogP contribution in [0.25, 0.3) is 0 Å². The summed E-state index contributed by atoms with van der Waals surface area (Å²) in [7, 11) is 1.23. The van der Waals surface area contributed by atoms with Crippen LogP contribution >= 0.6 is 0 Å². The molecule has 0 spiro atoms. The third-order valence-corrected chi connectivity index (χ3v) is 1.90. The molecule has 1 aromatic rings. The molecule has 0 saturated heterocycles. The minimum absolute atomic E-state index is 0.104. The Balaban J connectivity index is 2.88. The molecule has 0 N–H and O–H groups in total. The highest BCUT2D eigenvalue weighted by atomic mass is 19.4. The highest BCUT2D eigenvalue weighted by Crippen LogP contribution is 2.21. The van der Waals surface area contributed by atoms with Gasteiger partial charge < -0.3 is 4.74 Å². The smallest absolute Gasteiger partial charge is 0.450 e. The van der Waals surface area contributed by atoms with Gasteiger partial charge in [0.1, 0.15) is 0 Å². The normalized spacial score (nSPS) is 11.1. The second-order valence-corrected chi connectivity index (χ2v) is 3.08. The lowest BCUT2D eigenvalue weighted by molar-refractivity contribution is -0.170. The quantitative estimate of drug-likeness (QED) is 0.601. The second kappa shape index (κ2) is 4.94. The molecule has 0 saturated carbocycles. The average Bonchev–Trinajstić information content (AvgIpc) is 2.27. The van der Waals surface area contributed by atoms with Crippen LogP contribution in [-0.4, -0.2) is 29.8 Å². The maximum absolute atomic E-state index is 12.0. The number of carbonyl (C=O) groups excluding carboxylic acids is 2. The standard InChI is InChI=1S/C10H8F3NO3/c1-17-9-6(3-2-4-14-9)7(15)5-8(16)10(11,12)13/h2-4H,5H2,1H3. The maximum Gasteiger partial charge on any atom is 0.450 e. The number of nitrogens with zero attached hydrogens (tertiary/aromatic N) is 1. The maximum atomic E-state index is 12.0. The Hall–Kier alpha value is -1.92. The van der Waals surface area contributed by atoms with Crippen molar-refractivity contribution in [3.05, 3.63) is 23.9 Å². The fourth-order valence-electron chi connectivity index (χ4n) is 1.11. The van der Waals surface area contributed by atoms with Crippen LogP contribution in [-0.2, 0) is 4.79 Å². The Labute approximate surface area is 94.4 Å². The van der Waals surface area contributed by atoms with E-state index in [-0.39, 0.29) is 11.4 Å². The third kappa shape index (κ3) is 3.27. The molecular formula is C10H8F3NO3. The van der Waals surface area contributed by atoms with Crippen molar-refractivity contribution < 1.29 is 27.5 Å². The van der Waals surface area contributed by atoms with Gasteiger partial charge in [-0.05, 0) is 12.1 Å². The minimum Gasteiger partial charge on any atom is -0.480 e. The van der Waals surface area contributed by atoms with Crippen molar-refractivity contribution in [1.82, 2.24) is 4.98 Å². The molecule has 0 amide bonds. The number of carbonyl (C=O) groups is 2. The first-order valence-corrected chi connectivity index (χ1v) is 4.48. The van der Waals surface area contributed by atoms with Crippen LogP contribution in [0.15, 0.2) is 18.3 Å². The van der Waals surface area contributed by atoms with Crippen molar-refractivity contribution in [2.45, 2.75) is 12.6 Å². The molecule has 1 rings (SSSR count). The number of pyridine rings is 1. The van der Waals surface area contributed by atoms with Gasteiger partial charge in [-0.15, -0.1) is 0 Å². The van der Waals surface area contributed by atoms with Gasteiger partial charge >= 0.3 is 6.18 Å². The van der Waals surface area contributed by atoms with E-state index in [1.54, 1.807) is 0 Å². The Bertz CT molecular complexity index is 443. The molecule has 0 fully saturated rings. The summed E-state index contributed by atoms with van der Waals surface area (Å²) >= 11 is 0. The molecule has 0 aliphatic rings. The lowest BCUT2D eigenvalue weighted by Crippen LogP contribution is -2.25. The van der Waals surface area contributed by atoms with Gasteiger partial charge in [0.05, 0.1) is 19.1 Å². The highest BCUT2D eigenvalue weighted by Gasteiger charge is 2.39. The van der Waals surface area contributed by atoms with E-state index in [1.165, 1.54) is 25.4 Å². The molecule has 0 aromatic carbocycles. The summed E-state index contributed by atoms with van der Waals surface area (Å²) < 4.78 is 40.6. The van der Waals surface area contributed by atoms with Crippen molar-refractivity contribution >= 4 is 11.6 Å². The molecule has 0 aliphatic carbocycles. The predicted molar refractivity (Wildman–Crippen MR) is 50.8 cm³/mol. The molecule has 1 aromatic heterocycles.